The smallest absolute Gasteiger partial charge is 0.341 e. The molecule has 1 aromatic carbocycles. The van der Waals surface area contributed by atoms with Crippen molar-refractivity contribution in [2.75, 3.05) is 31.6 Å². The average Bonchev–Trinajstić information content (AvgIpc) is 3.75. The van der Waals surface area contributed by atoms with Gasteiger partial charge in [-0.2, -0.15) is 0 Å². The van der Waals surface area contributed by atoms with Crippen molar-refractivity contribution in [1.82, 2.24) is 9.88 Å². The number of nitrogens with zero attached hydrogens (tertiary/aromatic N) is 2. The number of carbonyl (C=O) groups is 1. The van der Waals surface area contributed by atoms with Crippen LogP contribution in [0.1, 0.15) is 36.7 Å². The van der Waals surface area contributed by atoms with Gasteiger partial charge in [0, 0.05) is 153 Å². The maximum absolute atomic E-state index is 15.2. The van der Waals surface area contributed by atoms with E-state index in [9.17, 15) is 14.7 Å². The van der Waals surface area contributed by atoms with E-state index in [1.54, 1.807) is 4.57 Å². The van der Waals surface area contributed by atoms with Gasteiger partial charge in [-0.25, -0.2) is 9.18 Å². The molecule has 0 unspecified atom stereocenters. The van der Waals surface area contributed by atoms with Crippen LogP contribution in [-0.2, 0) is 0 Å². The van der Waals surface area contributed by atoms with Gasteiger partial charge in [-0.3, -0.25) is 4.79 Å². The van der Waals surface area contributed by atoms with Gasteiger partial charge in [-0.05, 0) is 26.0 Å². The molecular formula is C20H24F29N3O4. The molecule has 0 aliphatic carbocycles. The number of carboxylic acids is 1. The molecule has 7 nitrogen and oxygen atoms in total. The summed E-state index contributed by atoms with van der Waals surface area (Å²) >= 11 is 0. The average molecular weight is 921 g/mol. The lowest BCUT2D eigenvalue weighted by molar-refractivity contribution is 0.0694. The molecule has 1 fully saturated rings. The van der Waals surface area contributed by atoms with Crippen LogP contribution in [0, 0.1) is 11.7 Å². The predicted molar refractivity (Wildman–Crippen MR) is 135 cm³/mol. The van der Waals surface area contributed by atoms with Gasteiger partial charge < -0.3 is 24.6 Å². The fourth-order valence-electron chi connectivity index (χ4n) is 4.45. The third-order valence-corrected chi connectivity index (χ3v) is 6.02. The van der Waals surface area contributed by atoms with Crippen molar-refractivity contribution in [3.63, 3.8) is 0 Å². The van der Waals surface area contributed by atoms with Crippen LogP contribution < -0.4 is 20.4 Å². The van der Waals surface area contributed by atoms with Crippen molar-refractivity contribution in [2.24, 2.45) is 5.92 Å². The number of ether oxygens (including phenoxy) is 1. The van der Waals surface area contributed by atoms with Gasteiger partial charge in [0.15, 0.2) is 11.6 Å². The van der Waals surface area contributed by atoms with Crippen molar-refractivity contribution in [1.29, 1.82) is 0 Å². The second-order valence-electron chi connectivity index (χ2n) is 7.65. The van der Waals surface area contributed by atoms with Crippen LogP contribution in [0.25, 0.3) is 10.9 Å². The molecule has 2 aliphatic heterocycles. The molecule has 2 aromatic rings. The number of pyridine rings is 1. The number of carboxylic acid groups (broad SMARTS) is 1. The van der Waals surface area contributed by atoms with Crippen LogP contribution >= 0.6 is 0 Å². The Morgan fingerprint density at radius 3 is 1.41 bits per heavy atom. The maximum Gasteiger partial charge on any atom is 0.341 e. The molecule has 2 N–H and O–H groups in total. The van der Waals surface area contributed by atoms with E-state index in [1.807, 2.05) is 18.9 Å². The standard InChI is InChI=1S/C20H24FN3O4.14F2/c1-4-11-6-23(8-15(11)22-3)17-14(21)5-12-16-19(17)28-9-10(2)24(16)7-13(18(12)25)20(26)27;14*1-2/h5,7,10-11,15,22H,4,6,8-9H2,1-3H3,(H,26,27);;;;;;;;;;;;;;/t10-,11-,15+;;;;;;;;;;;;;;/m0............../s1. The second kappa shape index (κ2) is 68.4. The molecule has 1 aromatic heterocycles. The molecule has 3 atom stereocenters. The Kier molecular flexibility index (Phi) is 97.8. The summed E-state index contributed by atoms with van der Waals surface area (Å²) in [7, 11) is 1.90. The summed E-state index contributed by atoms with van der Waals surface area (Å²) in [5, 5.41) is 12.7. The molecular weight excluding hydrogens is 897 g/mol. The molecule has 0 bridgehead atoms. The van der Waals surface area contributed by atoms with E-state index in [-0.39, 0.29) is 29.6 Å². The van der Waals surface area contributed by atoms with E-state index in [2.05, 4.69) is 12.2 Å². The summed E-state index contributed by atoms with van der Waals surface area (Å²) in [4.78, 5) is 26.1. The van der Waals surface area contributed by atoms with E-state index in [0.717, 1.165) is 12.5 Å². The fraction of sp³-hybridized carbons (Fsp3) is 0.500. The Bertz CT molecular complexity index is 1060. The molecule has 0 amide bonds. The zero-order valence-electron chi connectivity index (χ0n) is 26.7. The van der Waals surface area contributed by atoms with Crippen molar-refractivity contribution in [2.45, 2.75) is 32.4 Å². The van der Waals surface area contributed by atoms with E-state index in [0.29, 0.717) is 36.0 Å². The Labute approximate surface area is 290 Å². The Hall–Kier alpha value is -4.57. The van der Waals surface area contributed by atoms with E-state index in [4.69, 9.17) is 133 Å². The third-order valence-electron chi connectivity index (χ3n) is 6.02. The lowest BCUT2D eigenvalue weighted by atomic mass is 10.0. The first-order chi connectivity index (χ1) is 27.4. The molecule has 2 aliphatic rings. The van der Waals surface area contributed by atoms with Gasteiger partial charge in [0.25, 0.3) is 0 Å². The molecule has 3 heterocycles. The minimum absolute atomic E-state index is 0.0408. The van der Waals surface area contributed by atoms with Crippen LogP contribution in [0.2, 0.25) is 0 Å². The lowest BCUT2D eigenvalue weighted by Crippen LogP contribution is -2.33. The second-order valence-corrected chi connectivity index (χ2v) is 7.65. The lowest BCUT2D eigenvalue weighted by Gasteiger charge is -2.31. The summed E-state index contributed by atoms with van der Waals surface area (Å²) in [5.41, 5.74) is -0.233. The molecule has 346 valence electrons. The van der Waals surface area contributed by atoms with E-state index >= 15 is 4.39 Å². The van der Waals surface area contributed by atoms with Crippen LogP contribution in [-0.4, -0.2) is 48.4 Å². The number of aromatic carboxylic acids is 1. The van der Waals surface area contributed by atoms with Gasteiger partial charge in [0.05, 0.1) is 16.9 Å². The van der Waals surface area contributed by atoms with E-state index in [1.165, 1.54) is 6.20 Å². The monoisotopic (exact) mass is 921 g/mol. The highest BCUT2D eigenvalue weighted by molar-refractivity contribution is 5.97. The topological polar surface area (TPSA) is 83.8 Å². The zero-order valence-corrected chi connectivity index (χ0v) is 26.7. The minimum atomic E-state index is -1.32. The quantitative estimate of drug-likeness (QED) is 0.297. The van der Waals surface area contributed by atoms with Gasteiger partial charge >= 0.3 is 5.97 Å². The Balaban J connectivity index is -0.0000000683. The summed E-state index contributed by atoms with van der Waals surface area (Å²) in [6.45, 7) is 5.60. The summed E-state index contributed by atoms with van der Waals surface area (Å²) in [5.74, 6) is -1.17. The predicted octanol–water partition coefficient (Wildman–Crippen LogP) is 14.0. The van der Waals surface area contributed by atoms with E-state index < -0.39 is 17.2 Å². The number of anilines is 1. The molecule has 1 saturated heterocycles. The van der Waals surface area contributed by atoms with Crippen LogP contribution in [0.4, 0.5) is 138 Å². The third kappa shape index (κ3) is 27.9. The fourth-order valence-corrected chi connectivity index (χ4v) is 4.45. The highest BCUT2D eigenvalue weighted by Crippen LogP contribution is 2.43. The number of aromatic nitrogens is 1. The summed E-state index contributed by atoms with van der Waals surface area (Å²) in [6.07, 6.45) is 2.32. The largest absolute Gasteiger partial charge is 0.487 e. The van der Waals surface area contributed by atoms with Gasteiger partial charge in [0.1, 0.15) is 17.9 Å². The highest BCUT2D eigenvalue weighted by atomic mass is 20.0. The summed E-state index contributed by atoms with van der Waals surface area (Å²) in [6, 6.07) is 1.24. The summed E-state index contributed by atoms with van der Waals surface area (Å²) < 4.78 is 247. The SMILES string of the molecule is CC[C@H]1CN(c2c(F)cc3c(=O)c(C(=O)O)cn4c3c2OC[C@@H]4C)C[C@H]1NC.FF.FF.FF.FF.FF.FF.FF.FF.FF.FF.FF.FF.FF.FF. The van der Waals surface area contributed by atoms with Crippen molar-refractivity contribution in [3.8, 4) is 5.75 Å². The molecule has 4 rings (SSSR count). The first-order valence-corrected chi connectivity index (χ1v) is 11.6. The first-order valence-electron chi connectivity index (χ1n) is 11.6. The zero-order chi connectivity index (χ0) is 48.2. The van der Waals surface area contributed by atoms with Crippen LogP contribution in [0.15, 0.2) is 17.1 Å². The number of rotatable bonds is 4. The van der Waals surface area contributed by atoms with Crippen LogP contribution in [0.5, 0.6) is 5.75 Å². The van der Waals surface area contributed by atoms with Gasteiger partial charge in [0.2, 0.25) is 5.43 Å². The number of likely N-dealkylation sites (N-methyl/N-ethyl adjacent to an activating group) is 1. The molecule has 0 saturated carbocycles. The highest BCUT2D eigenvalue weighted by Gasteiger charge is 2.36. The molecule has 56 heavy (non-hydrogen) atoms. The van der Waals surface area contributed by atoms with Crippen molar-refractivity contribution < 1.29 is 147 Å². The van der Waals surface area contributed by atoms with Gasteiger partial charge in [-0.1, -0.05) is 13.3 Å². The van der Waals surface area contributed by atoms with Crippen molar-refractivity contribution in [3.05, 3.63) is 33.9 Å². The number of nitrogens with one attached hydrogen (secondary N) is 1. The maximum atomic E-state index is 15.2. The molecule has 36 heteroatoms. The number of hydrogen-bond acceptors (Lipinski definition) is 5. The van der Waals surface area contributed by atoms with Crippen molar-refractivity contribution >= 4 is 22.6 Å². The number of halogens is 29. The number of hydrogen-bond donors (Lipinski definition) is 2. The Morgan fingerprint density at radius 2 is 1.11 bits per heavy atom. The Morgan fingerprint density at radius 1 is 0.732 bits per heavy atom. The minimum Gasteiger partial charge on any atom is -0.487 e. The number of benzene rings is 1. The molecule has 0 spiro atoms. The first kappa shape index (κ1) is 80.0. The molecule has 0 radical (unpaired) electrons. The van der Waals surface area contributed by atoms with Crippen LogP contribution in [0.3, 0.4) is 0 Å². The normalized spacial score (nSPS) is 13.4. The van der Waals surface area contributed by atoms with Gasteiger partial charge in [-0.15, -0.1) is 0 Å².